The van der Waals surface area contributed by atoms with Crippen LogP contribution in [0.25, 0.3) is 0 Å². The Bertz CT molecular complexity index is 514. The Hall–Kier alpha value is -0.930. The first kappa shape index (κ1) is 12.5. The first-order valence-electron chi connectivity index (χ1n) is 5.45. The topological polar surface area (TPSA) is 25.8 Å². The number of aryl methyl sites for hydroxylation is 1. The number of aromatic nitrogens is 2. The van der Waals surface area contributed by atoms with Gasteiger partial charge in [-0.1, -0.05) is 48.9 Å². The van der Waals surface area contributed by atoms with Gasteiger partial charge in [0.25, 0.3) is 0 Å². The molecule has 2 rings (SSSR count). The third kappa shape index (κ3) is 3.05. The zero-order chi connectivity index (χ0) is 12.3. The van der Waals surface area contributed by atoms with Crippen LogP contribution >= 0.6 is 27.5 Å². The molecule has 0 bridgehead atoms. The van der Waals surface area contributed by atoms with Crippen molar-refractivity contribution in [1.82, 2.24) is 9.97 Å². The molecule has 2 aromatic rings. The molecule has 17 heavy (non-hydrogen) atoms. The van der Waals surface area contributed by atoms with Crippen molar-refractivity contribution in [3.05, 3.63) is 57.0 Å². The third-order valence-electron chi connectivity index (χ3n) is 2.47. The number of halogens is 2. The van der Waals surface area contributed by atoms with Crippen LogP contribution in [0.4, 0.5) is 0 Å². The van der Waals surface area contributed by atoms with E-state index in [1.807, 2.05) is 18.2 Å². The van der Waals surface area contributed by atoms with Gasteiger partial charge >= 0.3 is 0 Å². The summed E-state index contributed by atoms with van der Waals surface area (Å²) in [4.78, 5) is 8.79. The Morgan fingerprint density at radius 2 is 1.88 bits per heavy atom. The molecule has 0 saturated heterocycles. The predicted molar refractivity (Wildman–Crippen MR) is 73.4 cm³/mol. The maximum absolute atomic E-state index is 6.07. The van der Waals surface area contributed by atoms with Gasteiger partial charge in [0.2, 0.25) is 0 Å². The van der Waals surface area contributed by atoms with Crippen LogP contribution in [0.15, 0.2) is 34.8 Å². The molecule has 0 atom stereocenters. The fourth-order valence-corrected chi connectivity index (χ4v) is 2.27. The Morgan fingerprint density at radius 1 is 1.18 bits per heavy atom. The van der Waals surface area contributed by atoms with Crippen molar-refractivity contribution < 1.29 is 0 Å². The number of rotatable bonds is 3. The van der Waals surface area contributed by atoms with E-state index in [-0.39, 0.29) is 0 Å². The van der Waals surface area contributed by atoms with Crippen molar-refractivity contribution in [2.24, 2.45) is 0 Å². The van der Waals surface area contributed by atoms with Crippen molar-refractivity contribution in [2.45, 2.75) is 19.8 Å². The van der Waals surface area contributed by atoms with Crippen LogP contribution in [-0.4, -0.2) is 9.97 Å². The van der Waals surface area contributed by atoms with Gasteiger partial charge in [0.05, 0.1) is 10.2 Å². The second-order valence-corrected chi connectivity index (χ2v) is 4.86. The number of hydrogen-bond acceptors (Lipinski definition) is 2. The predicted octanol–water partition coefficient (Wildman–Crippen LogP) is 4.05. The molecule has 0 amide bonds. The summed E-state index contributed by atoms with van der Waals surface area (Å²) in [5.41, 5.74) is 2.14. The van der Waals surface area contributed by atoms with Crippen molar-refractivity contribution in [3.63, 3.8) is 0 Å². The first-order valence-corrected chi connectivity index (χ1v) is 6.62. The highest BCUT2D eigenvalue weighted by molar-refractivity contribution is 9.10. The summed E-state index contributed by atoms with van der Waals surface area (Å²) in [6.45, 7) is 2.05. The van der Waals surface area contributed by atoms with E-state index in [4.69, 9.17) is 11.6 Å². The van der Waals surface area contributed by atoms with Crippen LogP contribution < -0.4 is 0 Å². The van der Waals surface area contributed by atoms with Crippen LogP contribution in [-0.2, 0) is 12.8 Å². The SMILES string of the molecule is CCc1nc(Cc2ccccc2)nc(Cl)c1Br. The minimum atomic E-state index is 0.489. The van der Waals surface area contributed by atoms with Crippen LogP contribution in [0.5, 0.6) is 0 Å². The summed E-state index contributed by atoms with van der Waals surface area (Å²) in [6, 6.07) is 10.1. The lowest BCUT2D eigenvalue weighted by atomic mass is 10.1. The summed E-state index contributed by atoms with van der Waals surface area (Å²) in [6.07, 6.45) is 1.55. The van der Waals surface area contributed by atoms with E-state index in [2.05, 4.69) is 45.0 Å². The molecule has 1 heterocycles. The van der Waals surface area contributed by atoms with Gasteiger partial charge in [0.1, 0.15) is 11.0 Å². The molecule has 0 N–H and O–H groups in total. The van der Waals surface area contributed by atoms with Crippen molar-refractivity contribution in [2.75, 3.05) is 0 Å². The molecule has 2 nitrogen and oxygen atoms in total. The fourth-order valence-electron chi connectivity index (χ4n) is 1.60. The molecule has 4 heteroatoms. The van der Waals surface area contributed by atoms with Gasteiger partial charge in [-0.15, -0.1) is 0 Å². The highest BCUT2D eigenvalue weighted by atomic mass is 79.9. The maximum Gasteiger partial charge on any atom is 0.147 e. The normalized spacial score (nSPS) is 10.5. The Kier molecular flexibility index (Phi) is 4.13. The molecule has 1 aromatic carbocycles. The minimum Gasteiger partial charge on any atom is -0.236 e. The second-order valence-electron chi connectivity index (χ2n) is 3.71. The molecule has 0 aliphatic heterocycles. The van der Waals surface area contributed by atoms with Gasteiger partial charge in [-0.3, -0.25) is 0 Å². The van der Waals surface area contributed by atoms with Gasteiger partial charge in [0.15, 0.2) is 0 Å². The van der Waals surface area contributed by atoms with Crippen molar-refractivity contribution in [1.29, 1.82) is 0 Å². The maximum atomic E-state index is 6.07. The lowest BCUT2D eigenvalue weighted by Gasteiger charge is -2.06. The highest BCUT2D eigenvalue weighted by Crippen LogP contribution is 2.24. The largest absolute Gasteiger partial charge is 0.236 e. The highest BCUT2D eigenvalue weighted by Gasteiger charge is 2.09. The summed E-state index contributed by atoms with van der Waals surface area (Å²) in [5, 5.41) is 0.489. The number of hydrogen-bond donors (Lipinski definition) is 0. The number of benzene rings is 1. The molecule has 0 aliphatic carbocycles. The lowest BCUT2D eigenvalue weighted by molar-refractivity contribution is 0.896. The molecular formula is C13H12BrClN2. The average molecular weight is 312 g/mol. The van der Waals surface area contributed by atoms with Crippen molar-refractivity contribution in [3.8, 4) is 0 Å². The monoisotopic (exact) mass is 310 g/mol. The zero-order valence-corrected chi connectivity index (χ0v) is 11.8. The van der Waals surface area contributed by atoms with E-state index in [9.17, 15) is 0 Å². The second kappa shape index (κ2) is 5.61. The van der Waals surface area contributed by atoms with Crippen LogP contribution in [0.2, 0.25) is 5.15 Å². The fraction of sp³-hybridized carbons (Fsp3) is 0.231. The Morgan fingerprint density at radius 3 is 2.53 bits per heavy atom. The molecule has 0 radical (unpaired) electrons. The van der Waals surface area contributed by atoms with Gasteiger partial charge in [0, 0.05) is 6.42 Å². The molecule has 0 fully saturated rings. The Labute approximate surface area is 114 Å². The molecule has 0 spiro atoms. The molecule has 88 valence electrons. The first-order chi connectivity index (χ1) is 8.20. The zero-order valence-electron chi connectivity index (χ0n) is 9.45. The van der Waals surface area contributed by atoms with Crippen LogP contribution in [0.1, 0.15) is 24.0 Å². The third-order valence-corrected chi connectivity index (χ3v) is 3.80. The molecule has 0 aliphatic rings. The standard InChI is InChI=1S/C13H12BrClN2/c1-2-10-12(14)13(15)17-11(16-10)8-9-6-4-3-5-7-9/h3-7H,2,8H2,1H3. The summed E-state index contributed by atoms with van der Waals surface area (Å²) in [7, 11) is 0. The van der Waals surface area contributed by atoms with Gasteiger partial charge in [-0.05, 0) is 27.9 Å². The van der Waals surface area contributed by atoms with E-state index < -0.39 is 0 Å². The summed E-state index contributed by atoms with van der Waals surface area (Å²) < 4.78 is 0.804. The molecule has 1 aromatic heterocycles. The number of nitrogens with zero attached hydrogens (tertiary/aromatic N) is 2. The van der Waals surface area contributed by atoms with E-state index in [0.29, 0.717) is 11.6 Å². The van der Waals surface area contributed by atoms with E-state index in [1.165, 1.54) is 5.56 Å². The quantitative estimate of drug-likeness (QED) is 0.799. The van der Waals surface area contributed by atoms with Gasteiger partial charge < -0.3 is 0 Å². The lowest BCUT2D eigenvalue weighted by Crippen LogP contribution is -2.02. The average Bonchev–Trinajstić information content (AvgIpc) is 2.35. The van der Waals surface area contributed by atoms with E-state index >= 15 is 0 Å². The summed E-state index contributed by atoms with van der Waals surface area (Å²) in [5.74, 6) is 0.765. The minimum absolute atomic E-state index is 0.489. The van der Waals surface area contributed by atoms with Gasteiger partial charge in [-0.2, -0.15) is 0 Å². The molecule has 0 saturated carbocycles. The van der Waals surface area contributed by atoms with Gasteiger partial charge in [-0.25, -0.2) is 9.97 Å². The van der Waals surface area contributed by atoms with Crippen molar-refractivity contribution >= 4 is 27.5 Å². The van der Waals surface area contributed by atoms with Crippen LogP contribution in [0.3, 0.4) is 0 Å². The Balaban J connectivity index is 2.31. The smallest absolute Gasteiger partial charge is 0.147 e. The van der Waals surface area contributed by atoms with Crippen LogP contribution in [0, 0.1) is 0 Å². The summed E-state index contributed by atoms with van der Waals surface area (Å²) >= 11 is 9.47. The van der Waals surface area contributed by atoms with E-state index in [0.717, 1.165) is 22.4 Å². The van der Waals surface area contributed by atoms with E-state index in [1.54, 1.807) is 0 Å². The molecular weight excluding hydrogens is 300 g/mol. The molecule has 0 unspecified atom stereocenters.